The van der Waals surface area contributed by atoms with Crippen LogP contribution in [0, 0.1) is 5.41 Å². The molecule has 3 rings (SSSR count). The van der Waals surface area contributed by atoms with Gasteiger partial charge in [-0.25, -0.2) is 12.7 Å². The summed E-state index contributed by atoms with van der Waals surface area (Å²) in [5.74, 6) is 0.945. The van der Waals surface area contributed by atoms with Crippen LogP contribution in [-0.2, 0) is 21.4 Å². The highest BCUT2D eigenvalue weighted by molar-refractivity contribution is 7.88. The maximum atomic E-state index is 12.4. The van der Waals surface area contributed by atoms with E-state index in [0.717, 1.165) is 24.2 Å². The summed E-state index contributed by atoms with van der Waals surface area (Å²) in [4.78, 5) is 14.3. The first kappa shape index (κ1) is 17.2. The minimum Gasteiger partial charge on any atom is -0.497 e. The molecule has 1 spiro atoms. The summed E-state index contributed by atoms with van der Waals surface area (Å²) in [7, 11) is -1.50. The standard InChI is InChI=1S/C17H24N2O4S/c1-23-15-5-3-4-14(10-15)12-18-13-17(11-16(18)20)6-8-19(9-7-17)24(2,21)22/h3-5,10H,6-9,11-13H2,1-2H3. The third-order valence-electron chi connectivity index (χ3n) is 5.16. The molecule has 132 valence electrons. The quantitative estimate of drug-likeness (QED) is 0.823. The van der Waals surface area contributed by atoms with Gasteiger partial charge in [0.1, 0.15) is 5.75 Å². The molecule has 0 saturated carbocycles. The van der Waals surface area contributed by atoms with Gasteiger partial charge in [0, 0.05) is 32.6 Å². The summed E-state index contributed by atoms with van der Waals surface area (Å²) in [6.07, 6.45) is 3.27. The molecule has 24 heavy (non-hydrogen) atoms. The van der Waals surface area contributed by atoms with Gasteiger partial charge in [-0.05, 0) is 36.0 Å². The Morgan fingerprint density at radius 1 is 1.25 bits per heavy atom. The van der Waals surface area contributed by atoms with Crippen molar-refractivity contribution in [1.29, 1.82) is 0 Å². The van der Waals surface area contributed by atoms with Crippen molar-refractivity contribution < 1.29 is 17.9 Å². The molecule has 7 heteroatoms. The molecule has 0 atom stereocenters. The maximum absolute atomic E-state index is 12.4. The number of methoxy groups -OCH3 is 1. The molecule has 6 nitrogen and oxygen atoms in total. The van der Waals surface area contributed by atoms with E-state index in [9.17, 15) is 13.2 Å². The molecular weight excluding hydrogens is 328 g/mol. The van der Waals surface area contributed by atoms with Crippen molar-refractivity contribution in [1.82, 2.24) is 9.21 Å². The van der Waals surface area contributed by atoms with Crippen LogP contribution >= 0.6 is 0 Å². The van der Waals surface area contributed by atoms with Crippen LogP contribution in [0.1, 0.15) is 24.8 Å². The summed E-state index contributed by atoms with van der Waals surface area (Å²) >= 11 is 0. The average molecular weight is 352 g/mol. The van der Waals surface area contributed by atoms with Crippen molar-refractivity contribution in [3.63, 3.8) is 0 Å². The van der Waals surface area contributed by atoms with Crippen molar-refractivity contribution in [3.05, 3.63) is 29.8 Å². The van der Waals surface area contributed by atoms with Gasteiger partial charge in [0.25, 0.3) is 0 Å². The molecule has 2 heterocycles. The second-order valence-electron chi connectivity index (χ2n) is 6.94. The molecule has 1 aromatic carbocycles. The number of benzene rings is 1. The summed E-state index contributed by atoms with van der Waals surface area (Å²) in [6, 6.07) is 7.75. The number of rotatable bonds is 4. The Hall–Kier alpha value is -1.60. The van der Waals surface area contributed by atoms with Crippen molar-refractivity contribution in [2.75, 3.05) is 33.0 Å². The Morgan fingerprint density at radius 2 is 1.96 bits per heavy atom. The first-order chi connectivity index (χ1) is 11.3. The van der Waals surface area contributed by atoms with Crippen LogP contribution in [0.15, 0.2) is 24.3 Å². The lowest BCUT2D eigenvalue weighted by atomic mass is 9.78. The van der Waals surface area contributed by atoms with Gasteiger partial charge in [0.15, 0.2) is 0 Å². The summed E-state index contributed by atoms with van der Waals surface area (Å²) in [5.41, 5.74) is 0.977. The van der Waals surface area contributed by atoms with Crippen LogP contribution in [-0.4, -0.2) is 56.5 Å². The molecule has 0 unspecified atom stereocenters. The van der Waals surface area contributed by atoms with Gasteiger partial charge < -0.3 is 9.64 Å². The first-order valence-corrected chi connectivity index (χ1v) is 10.0. The molecule has 1 aromatic rings. The summed E-state index contributed by atoms with van der Waals surface area (Å²) in [6.45, 7) is 2.31. The van der Waals surface area contributed by atoms with E-state index in [-0.39, 0.29) is 11.3 Å². The Balaban J connectivity index is 1.66. The third-order valence-corrected chi connectivity index (χ3v) is 6.47. The van der Waals surface area contributed by atoms with Gasteiger partial charge in [-0.15, -0.1) is 0 Å². The number of hydrogen-bond acceptors (Lipinski definition) is 4. The number of piperidine rings is 1. The maximum Gasteiger partial charge on any atom is 0.223 e. The molecule has 1 amide bonds. The van der Waals surface area contributed by atoms with E-state index >= 15 is 0 Å². The molecule has 2 saturated heterocycles. The van der Waals surface area contributed by atoms with Crippen LogP contribution in [0.2, 0.25) is 0 Å². The van der Waals surface area contributed by atoms with E-state index < -0.39 is 10.0 Å². The molecule has 2 aliphatic rings. The Bertz CT molecular complexity index is 724. The van der Waals surface area contributed by atoms with E-state index in [1.165, 1.54) is 10.6 Å². The zero-order valence-electron chi connectivity index (χ0n) is 14.2. The lowest BCUT2D eigenvalue weighted by Gasteiger charge is -2.37. The number of sulfonamides is 1. The molecular formula is C17H24N2O4S. The van der Waals surface area contributed by atoms with Crippen LogP contribution in [0.3, 0.4) is 0 Å². The van der Waals surface area contributed by atoms with E-state index in [0.29, 0.717) is 32.6 Å². The number of nitrogens with zero attached hydrogens (tertiary/aromatic N) is 2. The number of likely N-dealkylation sites (tertiary alicyclic amines) is 1. The molecule has 2 aliphatic heterocycles. The number of ether oxygens (including phenoxy) is 1. The lowest BCUT2D eigenvalue weighted by Crippen LogP contribution is -2.43. The van der Waals surface area contributed by atoms with Crippen molar-refractivity contribution in [2.45, 2.75) is 25.8 Å². The smallest absolute Gasteiger partial charge is 0.223 e. The SMILES string of the molecule is COc1cccc(CN2CC3(CCN(S(C)(=O)=O)CC3)CC2=O)c1. The zero-order chi connectivity index (χ0) is 17.4. The second-order valence-corrected chi connectivity index (χ2v) is 8.92. The largest absolute Gasteiger partial charge is 0.497 e. The van der Waals surface area contributed by atoms with Gasteiger partial charge >= 0.3 is 0 Å². The molecule has 2 fully saturated rings. The molecule has 0 radical (unpaired) electrons. The number of carbonyl (C=O) groups is 1. The Morgan fingerprint density at radius 3 is 2.58 bits per heavy atom. The van der Waals surface area contributed by atoms with Gasteiger partial charge in [0.2, 0.25) is 15.9 Å². The normalized spacial score (nSPS) is 21.4. The molecule has 0 aliphatic carbocycles. The van der Waals surface area contributed by atoms with Crippen LogP contribution in [0.5, 0.6) is 5.75 Å². The van der Waals surface area contributed by atoms with Crippen LogP contribution in [0.4, 0.5) is 0 Å². The summed E-state index contributed by atoms with van der Waals surface area (Å²) in [5, 5.41) is 0. The van der Waals surface area contributed by atoms with E-state index in [1.54, 1.807) is 7.11 Å². The van der Waals surface area contributed by atoms with Crippen molar-refractivity contribution >= 4 is 15.9 Å². The predicted octanol–water partition coefficient (Wildman–Crippen LogP) is 1.47. The Labute approximate surface area is 143 Å². The van der Waals surface area contributed by atoms with Gasteiger partial charge in [-0.2, -0.15) is 0 Å². The summed E-state index contributed by atoms with van der Waals surface area (Å²) < 4.78 is 30.1. The van der Waals surface area contributed by atoms with Gasteiger partial charge in [-0.3, -0.25) is 4.79 Å². The molecule has 0 bridgehead atoms. The lowest BCUT2D eigenvalue weighted by molar-refractivity contribution is -0.128. The third kappa shape index (κ3) is 3.57. The zero-order valence-corrected chi connectivity index (χ0v) is 15.0. The van der Waals surface area contributed by atoms with Gasteiger partial charge in [-0.1, -0.05) is 12.1 Å². The average Bonchev–Trinajstić information content (AvgIpc) is 2.82. The number of carbonyl (C=O) groups excluding carboxylic acids is 1. The van der Waals surface area contributed by atoms with Crippen LogP contribution in [0.25, 0.3) is 0 Å². The van der Waals surface area contributed by atoms with E-state index in [1.807, 2.05) is 29.2 Å². The highest BCUT2D eigenvalue weighted by Gasteiger charge is 2.45. The monoisotopic (exact) mass is 352 g/mol. The second kappa shape index (κ2) is 6.37. The highest BCUT2D eigenvalue weighted by atomic mass is 32.2. The van der Waals surface area contributed by atoms with Crippen molar-refractivity contribution in [3.8, 4) is 5.75 Å². The topological polar surface area (TPSA) is 66.9 Å². The highest BCUT2D eigenvalue weighted by Crippen LogP contribution is 2.41. The van der Waals surface area contributed by atoms with Crippen LogP contribution < -0.4 is 4.74 Å². The molecule has 0 aromatic heterocycles. The fraction of sp³-hybridized carbons (Fsp3) is 0.588. The predicted molar refractivity (Wildman–Crippen MR) is 91.1 cm³/mol. The van der Waals surface area contributed by atoms with Crippen molar-refractivity contribution in [2.24, 2.45) is 5.41 Å². The van der Waals surface area contributed by atoms with E-state index in [2.05, 4.69) is 0 Å². The number of hydrogen-bond donors (Lipinski definition) is 0. The Kier molecular flexibility index (Phi) is 4.57. The van der Waals surface area contributed by atoms with E-state index in [4.69, 9.17) is 4.74 Å². The molecule has 0 N–H and O–H groups in total. The van der Waals surface area contributed by atoms with Gasteiger partial charge in [0.05, 0.1) is 13.4 Å². The number of amides is 1. The fourth-order valence-corrected chi connectivity index (χ4v) is 4.59. The minimum absolute atomic E-state index is 0.0723. The first-order valence-electron chi connectivity index (χ1n) is 8.17. The minimum atomic E-state index is -3.13. The fourth-order valence-electron chi connectivity index (χ4n) is 3.74.